The number of hydrogen-bond acceptors (Lipinski definition) is 5. The first-order valence-corrected chi connectivity index (χ1v) is 8.32. The molecule has 6 nitrogen and oxygen atoms in total. The minimum absolute atomic E-state index is 0.109. The summed E-state index contributed by atoms with van der Waals surface area (Å²) in [5.41, 5.74) is -0.109. The van der Waals surface area contributed by atoms with Gasteiger partial charge < -0.3 is 15.7 Å². The third kappa shape index (κ3) is 8.97. The Balaban J connectivity index is 4.45. The molecule has 118 valence electrons. The van der Waals surface area contributed by atoms with Crippen molar-refractivity contribution in [2.75, 3.05) is 18.6 Å². The number of carboxylic acid groups (broad SMARTS) is 1. The van der Waals surface area contributed by atoms with E-state index in [-0.39, 0.29) is 5.57 Å². The van der Waals surface area contributed by atoms with Gasteiger partial charge in [-0.3, -0.25) is 4.79 Å². The van der Waals surface area contributed by atoms with Crippen molar-refractivity contribution in [3.8, 4) is 6.07 Å². The largest absolute Gasteiger partial charge is 0.480 e. The Bertz CT molecular complexity index is 405. The molecule has 1 unspecified atom stereocenters. The number of nitrogens with one attached hydrogen (secondary N) is 2. The number of aliphatic carboxylic acids is 1. The number of carboxylic acids is 1. The van der Waals surface area contributed by atoms with Crippen LogP contribution in [0.1, 0.15) is 32.6 Å². The van der Waals surface area contributed by atoms with Gasteiger partial charge in [-0.1, -0.05) is 19.8 Å². The zero-order valence-corrected chi connectivity index (χ0v) is 13.3. The molecule has 0 aromatic heterocycles. The van der Waals surface area contributed by atoms with Crippen LogP contribution in [0.4, 0.5) is 0 Å². The van der Waals surface area contributed by atoms with Gasteiger partial charge in [-0.25, -0.2) is 4.79 Å². The summed E-state index contributed by atoms with van der Waals surface area (Å²) in [4.78, 5) is 22.9. The van der Waals surface area contributed by atoms with E-state index in [1.165, 1.54) is 18.0 Å². The SMILES string of the molecule is CCCCCN/C=C(/C#N)C(=O)NC(CCSC)C(=O)O. The van der Waals surface area contributed by atoms with Crippen molar-refractivity contribution in [3.63, 3.8) is 0 Å². The number of nitriles is 1. The van der Waals surface area contributed by atoms with Crippen LogP contribution < -0.4 is 10.6 Å². The van der Waals surface area contributed by atoms with Gasteiger partial charge in [0, 0.05) is 12.7 Å². The average molecular weight is 313 g/mol. The van der Waals surface area contributed by atoms with Crippen LogP contribution in [-0.4, -0.2) is 41.6 Å². The van der Waals surface area contributed by atoms with Crippen molar-refractivity contribution in [1.29, 1.82) is 5.26 Å². The fourth-order valence-corrected chi connectivity index (χ4v) is 2.00. The van der Waals surface area contributed by atoms with E-state index in [2.05, 4.69) is 17.6 Å². The molecule has 0 saturated heterocycles. The molecule has 0 spiro atoms. The van der Waals surface area contributed by atoms with E-state index >= 15 is 0 Å². The maximum Gasteiger partial charge on any atom is 0.326 e. The van der Waals surface area contributed by atoms with Crippen molar-refractivity contribution in [1.82, 2.24) is 10.6 Å². The number of rotatable bonds is 11. The van der Waals surface area contributed by atoms with Crippen LogP contribution in [-0.2, 0) is 9.59 Å². The Kier molecular flexibility index (Phi) is 11.1. The lowest BCUT2D eigenvalue weighted by atomic mass is 10.2. The van der Waals surface area contributed by atoms with Gasteiger partial charge >= 0.3 is 5.97 Å². The highest BCUT2D eigenvalue weighted by molar-refractivity contribution is 7.98. The highest BCUT2D eigenvalue weighted by atomic mass is 32.2. The molecule has 0 aromatic rings. The smallest absolute Gasteiger partial charge is 0.326 e. The summed E-state index contributed by atoms with van der Waals surface area (Å²) < 4.78 is 0. The molecular weight excluding hydrogens is 290 g/mol. The Morgan fingerprint density at radius 3 is 2.67 bits per heavy atom. The number of carbonyl (C=O) groups excluding carboxylic acids is 1. The topological polar surface area (TPSA) is 102 Å². The van der Waals surface area contributed by atoms with Gasteiger partial charge in [-0.15, -0.1) is 0 Å². The summed E-state index contributed by atoms with van der Waals surface area (Å²) >= 11 is 1.50. The molecule has 0 radical (unpaired) electrons. The quantitative estimate of drug-likeness (QED) is 0.303. The summed E-state index contributed by atoms with van der Waals surface area (Å²) in [5.74, 6) is -1.13. The molecule has 0 bridgehead atoms. The van der Waals surface area contributed by atoms with Crippen LogP contribution in [0.25, 0.3) is 0 Å². The van der Waals surface area contributed by atoms with Crippen molar-refractivity contribution in [3.05, 3.63) is 11.8 Å². The fourth-order valence-electron chi connectivity index (χ4n) is 1.53. The molecule has 0 aliphatic heterocycles. The molecule has 3 N–H and O–H groups in total. The lowest BCUT2D eigenvalue weighted by Crippen LogP contribution is -2.41. The summed E-state index contributed by atoms with van der Waals surface area (Å²) in [6.45, 7) is 2.77. The summed E-state index contributed by atoms with van der Waals surface area (Å²) in [7, 11) is 0. The standard InChI is InChI=1S/C14H23N3O3S/c1-3-4-5-7-16-10-11(9-15)13(18)17-12(14(19)20)6-8-21-2/h10,12,16H,3-8H2,1-2H3,(H,17,18)(H,19,20)/b11-10-. The second-order valence-corrected chi connectivity index (χ2v) is 5.46. The number of unbranched alkanes of at least 4 members (excludes halogenated alkanes) is 2. The Labute approximate surface area is 130 Å². The zero-order chi connectivity index (χ0) is 16.1. The van der Waals surface area contributed by atoms with Crippen LogP contribution >= 0.6 is 11.8 Å². The molecule has 7 heteroatoms. The average Bonchev–Trinajstić information content (AvgIpc) is 2.46. The van der Waals surface area contributed by atoms with Crippen LogP contribution in [0, 0.1) is 11.3 Å². The second-order valence-electron chi connectivity index (χ2n) is 4.48. The van der Waals surface area contributed by atoms with Crippen molar-refractivity contribution >= 4 is 23.6 Å². The van der Waals surface area contributed by atoms with E-state index < -0.39 is 17.9 Å². The molecule has 0 saturated carbocycles. The third-order valence-electron chi connectivity index (χ3n) is 2.75. The molecule has 0 heterocycles. The highest BCUT2D eigenvalue weighted by Gasteiger charge is 2.21. The predicted molar refractivity (Wildman–Crippen MR) is 83.8 cm³/mol. The lowest BCUT2D eigenvalue weighted by Gasteiger charge is -2.13. The van der Waals surface area contributed by atoms with E-state index in [1.54, 1.807) is 6.07 Å². The van der Waals surface area contributed by atoms with Gasteiger partial charge in [0.1, 0.15) is 17.7 Å². The first kappa shape index (κ1) is 19.3. The van der Waals surface area contributed by atoms with Crippen LogP contribution in [0.2, 0.25) is 0 Å². The van der Waals surface area contributed by atoms with Gasteiger partial charge in [0.05, 0.1) is 0 Å². The van der Waals surface area contributed by atoms with Gasteiger partial charge in [0.15, 0.2) is 0 Å². The number of nitrogens with zero attached hydrogens (tertiary/aromatic N) is 1. The fraction of sp³-hybridized carbons (Fsp3) is 0.643. The number of hydrogen-bond donors (Lipinski definition) is 3. The minimum Gasteiger partial charge on any atom is -0.480 e. The van der Waals surface area contributed by atoms with Gasteiger partial charge in [0.2, 0.25) is 0 Å². The van der Waals surface area contributed by atoms with Crippen LogP contribution in [0.3, 0.4) is 0 Å². The van der Waals surface area contributed by atoms with Crippen LogP contribution in [0.5, 0.6) is 0 Å². The predicted octanol–water partition coefficient (Wildman–Crippen LogP) is 1.50. The number of amides is 1. The Morgan fingerprint density at radius 2 is 2.14 bits per heavy atom. The van der Waals surface area contributed by atoms with E-state index in [0.29, 0.717) is 18.7 Å². The van der Waals surface area contributed by atoms with Crippen molar-refractivity contribution in [2.45, 2.75) is 38.6 Å². The Hall–Kier alpha value is -1.68. The molecule has 1 amide bonds. The van der Waals surface area contributed by atoms with Crippen molar-refractivity contribution in [2.24, 2.45) is 0 Å². The van der Waals surface area contributed by atoms with Gasteiger partial charge in [-0.2, -0.15) is 17.0 Å². The Morgan fingerprint density at radius 1 is 1.43 bits per heavy atom. The molecule has 1 atom stereocenters. The van der Waals surface area contributed by atoms with Gasteiger partial charge in [-0.05, 0) is 24.9 Å². The molecule has 0 aliphatic carbocycles. The molecule has 0 rings (SSSR count). The molecule has 0 aliphatic rings. The number of thioether (sulfide) groups is 1. The van der Waals surface area contributed by atoms with E-state index in [1.807, 2.05) is 6.26 Å². The normalized spacial score (nSPS) is 12.3. The van der Waals surface area contributed by atoms with Crippen molar-refractivity contribution < 1.29 is 14.7 Å². The maximum atomic E-state index is 11.9. The summed E-state index contributed by atoms with van der Waals surface area (Å²) in [5, 5.41) is 23.3. The van der Waals surface area contributed by atoms with E-state index in [4.69, 9.17) is 10.4 Å². The highest BCUT2D eigenvalue weighted by Crippen LogP contribution is 2.02. The first-order valence-electron chi connectivity index (χ1n) is 6.93. The van der Waals surface area contributed by atoms with Crippen LogP contribution in [0.15, 0.2) is 11.8 Å². The number of carbonyl (C=O) groups is 2. The van der Waals surface area contributed by atoms with E-state index in [9.17, 15) is 9.59 Å². The molecular formula is C14H23N3O3S. The summed E-state index contributed by atoms with van der Waals surface area (Å²) in [6.07, 6.45) is 6.65. The lowest BCUT2D eigenvalue weighted by molar-refractivity contribution is -0.141. The molecule has 0 aromatic carbocycles. The third-order valence-corrected chi connectivity index (χ3v) is 3.39. The summed E-state index contributed by atoms with van der Waals surface area (Å²) in [6, 6.07) is 0.811. The molecule has 21 heavy (non-hydrogen) atoms. The zero-order valence-electron chi connectivity index (χ0n) is 12.5. The first-order chi connectivity index (χ1) is 10.1. The molecule has 0 fully saturated rings. The minimum atomic E-state index is -1.09. The second kappa shape index (κ2) is 12.1. The monoisotopic (exact) mass is 313 g/mol. The van der Waals surface area contributed by atoms with E-state index in [0.717, 1.165) is 19.3 Å². The maximum absolute atomic E-state index is 11.9. The van der Waals surface area contributed by atoms with Gasteiger partial charge in [0.25, 0.3) is 5.91 Å².